The van der Waals surface area contributed by atoms with E-state index in [0.29, 0.717) is 43.4 Å². The average Bonchev–Trinajstić information content (AvgIpc) is 3.50. The maximum atomic E-state index is 13.5. The van der Waals surface area contributed by atoms with Crippen LogP contribution in [0.4, 0.5) is 4.39 Å². The molecule has 2 atom stereocenters. The van der Waals surface area contributed by atoms with Crippen LogP contribution in [0.5, 0.6) is 0 Å². The highest BCUT2D eigenvalue weighted by atomic mass is 32.1. The largest absolute Gasteiger partial charge is 0.338 e. The van der Waals surface area contributed by atoms with Crippen LogP contribution in [0.25, 0.3) is 0 Å². The molecular formula is C25H33FN4O2S. The lowest BCUT2D eigenvalue weighted by atomic mass is 10.1. The molecule has 2 aliphatic heterocycles. The predicted molar refractivity (Wildman–Crippen MR) is 129 cm³/mol. The molecule has 2 fully saturated rings. The van der Waals surface area contributed by atoms with Crippen LogP contribution in [0.3, 0.4) is 0 Å². The van der Waals surface area contributed by atoms with Gasteiger partial charge in [-0.25, -0.2) is 4.39 Å². The molecular weight excluding hydrogens is 439 g/mol. The number of rotatable bonds is 7. The summed E-state index contributed by atoms with van der Waals surface area (Å²) in [4.78, 5) is 33.6. The Bertz CT molecular complexity index is 928. The monoisotopic (exact) mass is 472 g/mol. The number of carbonyl (C=O) groups is 2. The van der Waals surface area contributed by atoms with E-state index in [1.807, 2.05) is 34.5 Å². The molecule has 3 heterocycles. The van der Waals surface area contributed by atoms with Gasteiger partial charge in [-0.1, -0.05) is 32.0 Å². The summed E-state index contributed by atoms with van der Waals surface area (Å²) < 4.78 is 13.4. The first-order valence-electron chi connectivity index (χ1n) is 11.7. The third-order valence-corrected chi connectivity index (χ3v) is 7.26. The van der Waals surface area contributed by atoms with Crippen LogP contribution in [0.15, 0.2) is 41.8 Å². The highest BCUT2D eigenvalue weighted by molar-refractivity contribution is 7.12. The van der Waals surface area contributed by atoms with Gasteiger partial charge in [0.2, 0.25) is 5.91 Å². The molecule has 2 aromatic rings. The van der Waals surface area contributed by atoms with Crippen molar-refractivity contribution in [2.75, 3.05) is 39.3 Å². The fourth-order valence-electron chi connectivity index (χ4n) is 4.81. The van der Waals surface area contributed by atoms with E-state index in [4.69, 9.17) is 0 Å². The summed E-state index contributed by atoms with van der Waals surface area (Å²) in [6.45, 7) is 9.28. The smallest absolute Gasteiger partial charge is 0.264 e. The zero-order valence-corrected chi connectivity index (χ0v) is 20.2. The molecule has 2 saturated heterocycles. The highest BCUT2D eigenvalue weighted by Gasteiger charge is 2.43. The second kappa shape index (κ2) is 10.8. The van der Waals surface area contributed by atoms with Crippen molar-refractivity contribution in [1.29, 1.82) is 0 Å². The van der Waals surface area contributed by atoms with Gasteiger partial charge < -0.3 is 15.1 Å². The molecule has 0 bridgehead atoms. The van der Waals surface area contributed by atoms with Gasteiger partial charge in [0, 0.05) is 51.9 Å². The minimum Gasteiger partial charge on any atom is -0.338 e. The Labute approximate surface area is 199 Å². The van der Waals surface area contributed by atoms with Crippen LogP contribution in [0.1, 0.15) is 35.5 Å². The van der Waals surface area contributed by atoms with Crippen LogP contribution in [0, 0.1) is 11.7 Å². The summed E-state index contributed by atoms with van der Waals surface area (Å²) in [5.41, 5.74) is 1.03. The van der Waals surface area contributed by atoms with Crippen molar-refractivity contribution in [2.45, 2.75) is 38.9 Å². The quantitative estimate of drug-likeness (QED) is 0.673. The second-order valence-electron chi connectivity index (χ2n) is 9.37. The van der Waals surface area contributed by atoms with Crippen molar-refractivity contribution in [1.82, 2.24) is 20.0 Å². The van der Waals surface area contributed by atoms with E-state index >= 15 is 0 Å². The van der Waals surface area contributed by atoms with E-state index in [0.717, 1.165) is 25.2 Å². The molecule has 2 aliphatic rings. The first-order valence-corrected chi connectivity index (χ1v) is 12.6. The number of nitrogens with one attached hydrogen (secondary N) is 1. The predicted octanol–water partition coefficient (Wildman–Crippen LogP) is 3.06. The van der Waals surface area contributed by atoms with E-state index < -0.39 is 6.04 Å². The Balaban J connectivity index is 1.57. The average molecular weight is 473 g/mol. The molecule has 6 nitrogen and oxygen atoms in total. The maximum absolute atomic E-state index is 13.5. The van der Waals surface area contributed by atoms with Crippen molar-refractivity contribution in [3.8, 4) is 0 Å². The number of halogens is 1. The molecule has 0 saturated carbocycles. The fraction of sp³-hybridized carbons (Fsp3) is 0.520. The number of hydrogen-bond donors (Lipinski definition) is 1. The molecule has 0 aliphatic carbocycles. The zero-order valence-electron chi connectivity index (χ0n) is 19.4. The second-order valence-corrected chi connectivity index (χ2v) is 10.3. The van der Waals surface area contributed by atoms with Gasteiger partial charge in [0.25, 0.3) is 5.91 Å². The first kappa shape index (κ1) is 23.9. The number of thiophene rings is 1. The van der Waals surface area contributed by atoms with Crippen molar-refractivity contribution in [3.63, 3.8) is 0 Å². The number of nitrogens with zero attached hydrogens (tertiary/aromatic N) is 3. The van der Waals surface area contributed by atoms with Gasteiger partial charge in [0.1, 0.15) is 11.9 Å². The molecule has 2 unspecified atom stereocenters. The standard InChI is InChI=1S/C25H33FN4O2S/c1-18(2)15-29(16-19-5-7-20(26)8-6-19)21-14-22(24(31)28-11-9-27-10-12-28)30(17-21)25(32)23-4-3-13-33-23/h3-8,13,18,21-22,27H,9-12,14-17H2,1-2H3. The minimum absolute atomic E-state index is 0.0511. The van der Waals surface area contributed by atoms with Gasteiger partial charge in [0.05, 0.1) is 4.88 Å². The van der Waals surface area contributed by atoms with Crippen LogP contribution in [-0.4, -0.2) is 77.9 Å². The molecule has 8 heteroatoms. The van der Waals surface area contributed by atoms with Crippen LogP contribution in [-0.2, 0) is 11.3 Å². The number of piperazine rings is 1. The first-order chi connectivity index (χ1) is 15.9. The van der Waals surface area contributed by atoms with Gasteiger partial charge in [-0.3, -0.25) is 14.5 Å². The molecule has 0 radical (unpaired) electrons. The van der Waals surface area contributed by atoms with E-state index in [1.165, 1.54) is 23.5 Å². The summed E-state index contributed by atoms with van der Waals surface area (Å²) >= 11 is 1.42. The van der Waals surface area contributed by atoms with Gasteiger partial charge in [-0.05, 0) is 41.5 Å². The third kappa shape index (κ3) is 5.80. The minimum atomic E-state index is -0.453. The third-order valence-electron chi connectivity index (χ3n) is 6.40. The van der Waals surface area contributed by atoms with Crippen molar-refractivity contribution in [2.24, 2.45) is 5.92 Å². The Hall–Kier alpha value is -2.29. The Morgan fingerprint density at radius 1 is 1.18 bits per heavy atom. The lowest BCUT2D eigenvalue weighted by Crippen LogP contribution is -2.53. The summed E-state index contributed by atoms with van der Waals surface area (Å²) in [6, 6.07) is 9.92. The lowest BCUT2D eigenvalue weighted by Gasteiger charge is -2.32. The summed E-state index contributed by atoms with van der Waals surface area (Å²) in [5, 5.41) is 5.19. The number of carbonyl (C=O) groups excluding carboxylic acids is 2. The number of amides is 2. The number of benzene rings is 1. The van der Waals surface area contributed by atoms with Gasteiger partial charge in [-0.15, -0.1) is 11.3 Å². The Kier molecular flexibility index (Phi) is 7.78. The highest BCUT2D eigenvalue weighted by Crippen LogP contribution is 2.29. The normalized spacial score (nSPS) is 21.2. The molecule has 4 rings (SSSR count). The van der Waals surface area contributed by atoms with Crippen LogP contribution >= 0.6 is 11.3 Å². The van der Waals surface area contributed by atoms with Crippen molar-refractivity contribution < 1.29 is 14.0 Å². The lowest BCUT2D eigenvalue weighted by molar-refractivity contribution is -0.135. The van der Waals surface area contributed by atoms with E-state index in [9.17, 15) is 14.0 Å². The summed E-state index contributed by atoms with van der Waals surface area (Å²) in [5.74, 6) is 0.168. The molecule has 1 N–H and O–H groups in total. The molecule has 2 amide bonds. The maximum Gasteiger partial charge on any atom is 0.264 e. The summed E-state index contributed by atoms with van der Waals surface area (Å²) in [7, 11) is 0. The van der Waals surface area contributed by atoms with E-state index in [1.54, 1.807) is 4.90 Å². The molecule has 178 valence electrons. The van der Waals surface area contributed by atoms with Crippen LogP contribution < -0.4 is 5.32 Å². The Morgan fingerprint density at radius 2 is 1.91 bits per heavy atom. The SMILES string of the molecule is CC(C)CN(Cc1ccc(F)cc1)C1CC(C(=O)N2CCNCC2)N(C(=O)c2cccs2)C1. The van der Waals surface area contributed by atoms with Crippen molar-refractivity contribution >= 4 is 23.2 Å². The molecule has 0 spiro atoms. The summed E-state index contributed by atoms with van der Waals surface area (Å²) in [6.07, 6.45) is 0.619. The number of hydrogen-bond acceptors (Lipinski definition) is 5. The molecule has 33 heavy (non-hydrogen) atoms. The van der Waals surface area contributed by atoms with Gasteiger partial charge in [0.15, 0.2) is 0 Å². The van der Waals surface area contributed by atoms with E-state index in [2.05, 4.69) is 24.1 Å². The van der Waals surface area contributed by atoms with Gasteiger partial charge in [-0.2, -0.15) is 0 Å². The molecule has 1 aromatic carbocycles. The van der Waals surface area contributed by atoms with E-state index in [-0.39, 0.29) is 23.7 Å². The fourth-order valence-corrected chi connectivity index (χ4v) is 5.49. The zero-order chi connectivity index (χ0) is 23.4. The van der Waals surface area contributed by atoms with Gasteiger partial charge >= 0.3 is 0 Å². The van der Waals surface area contributed by atoms with Crippen LogP contribution in [0.2, 0.25) is 0 Å². The Morgan fingerprint density at radius 3 is 2.55 bits per heavy atom. The number of likely N-dealkylation sites (tertiary alicyclic amines) is 1. The van der Waals surface area contributed by atoms with Crippen molar-refractivity contribution in [3.05, 3.63) is 58.0 Å². The topological polar surface area (TPSA) is 55.9 Å². The molecule has 1 aromatic heterocycles.